The fraction of sp³-hybridized carbons (Fsp3) is 0.300. The highest BCUT2D eigenvalue weighted by Crippen LogP contribution is 2.24. The predicted molar refractivity (Wildman–Crippen MR) is 112 cm³/mol. The van der Waals surface area contributed by atoms with Crippen LogP contribution in [-0.4, -0.2) is 40.7 Å². The zero-order valence-corrected chi connectivity index (χ0v) is 16.9. The summed E-state index contributed by atoms with van der Waals surface area (Å²) in [5.74, 6) is 0.563. The van der Waals surface area contributed by atoms with Gasteiger partial charge in [-0.15, -0.1) is 0 Å². The third kappa shape index (κ3) is 3.22. The Kier molecular flexibility index (Phi) is 4.49. The van der Waals surface area contributed by atoms with E-state index in [2.05, 4.69) is 9.97 Å². The van der Waals surface area contributed by atoms with Gasteiger partial charge in [0, 0.05) is 37.0 Å². The summed E-state index contributed by atoms with van der Waals surface area (Å²) in [7, 11) is -3.88. The van der Waals surface area contributed by atoms with Crippen LogP contribution in [0.1, 0.15) is 24.7 Å². The molecular weight excluding hydrogens is 406 g/mol. The number of hydrogen-bond acceptors (Lipinski definition) is 5. The molecule has 0 aliphatic carbocycles. The van der Waals surface area contributed by atoms with Gasteiger partial charge in [0.05, 0.1) is 17.6 Å². The Labute approximate surface area is 172 Å². The molecule has 0 bridgehead atoms. The smallest absolute Gasteiger partial charge is 0.278 e. The van der Waals surface area contributed by atoms with E-state index in [1.807, 2.05) is 18.2 Å². The number of nitrogens with one attached hydrogen (secondary N) is 1. The van der Waals surface area contributed by atoms with E-state index in [0.29, 0.717) is 35.6 Å². The first-order valence-electron chi connectivity index (χ1n) is 9.70. The number of nitrogens with two attached hydrogens (primary N) is 1. The number of para-hydroxylation sites is 1. The number of aromatic nitrogens is 4. The van der Waals surface area contributed by atoms with E-state index >= 15 is 0 Å². The van der Waals surface area contributed by atoms with Crippen LogP contribution in [0, 0.1) is 0 Å². The van der Waals surface area contributed by atoms with Gasteiger partial charge in [0.1, 0.15) is 10.7 Å². The molecule has 0 unspecified atom stereocenters. The molecule has 3 N–H and O–H groups in total. The summed E-state index contributed by atoms with van der Waals surface area (Å²) in [6.45, 7) is 1.57. The van der Waals surface area contributed by atoms with E-state index < -0.39 is 10.0 Å². The second kappa shape index (κ2) is 7.08. The lowest BCUT2D eigenvalue weighted by Crippen LogP contribution is -2.28. The number of pyridine rings is 1. The number of imidazole rings is 1. The van der Waals surface area contributed by atoms with Gasteiger partial charge >= 0.3 is 0 Å². The van der Waals surface area contributed by atoms with E-state index in [-0.39, 0.29) is 23.0 Å². The van der Waals surface area contributed by atoms with Crippen LogP contribution in [0.5, 0.6) is 0 Å². The molecule has 3 aromatic heterocycles. The largest absolute Gasteiger partial charge is 0.381 e. The molecule has 0 radical (unpaired) electrons. The highest BCUT2D eigenvalue weighted by molar-refractivity contribution is 7.89. The van der Waals surface area contributed by atoms with Gasteiger partial charge < -0.3 is 18.9 Å². The fourth-order valence-corrected chi connectivity index (χ4v) is 4.91. The number of primary sulfonamides is 1. The lowest BCUT2D eigenvalue weighted by molar-refractivity contribution is 0.0688. The van der Waals surface area contributed by atoms with Crippen molar-refractivity contribution in [1.29, 1.82) is 0 Å². The molecule has 1 aliphatic rings. The number of sulfonamides is 1. The lowest BCUT2D eigenvalue weighted by Gasteiger charge is -2.23. The minimum absolute atomic E-state index is 0.0583. The Morgan fingerprint density at radius 1 is 1.17 bits per heavy atom. The first-order chi connectivity index (χ1) is 14.4. The molecule has 1 aliphatic heterocycles. The summed E-state index contributed by atoms with van der Waals surface area (Å²) in [5, 5.41) is 6.16. The van der Waals surface area contributed by atoms with Crippen molar-refractivity contribution >= 4 is 32.0 Å². The van der Waals surface area contributed by atoms with Crippen LogP contribution in [0.15, 0.2) is 52.4 Å². The third-order valence-electron chi connectivity index (χ3n) is 5.58. The van der Waals surface area contributed by atoms with Crippen LogP contribution in [-0.2, 0) is 21.3 Å². The molecule has 4 heterocycles. The maximum Gasteiger partial charge on any atom is 0.278 e. The summed E-state index contributed by atoms with van der Waals surface area (Å²) in [5.41, 5.74) is 1.41. The first kappa shape index (κ1) is 19.0. The first-order valence-corrected chi connectivity index (χ1v) is 11.2. The van der Waals surface area contributed by atoms with Crippen LogP contribution < -0.4 is 10.7 Å². The topological polar surface area (TPSA) is 125 Å². The summed E-state index contributed by atoms with van der Waals surface area (Å²) in [6.07, 6.45) is 5.18. The maximum atomic E-state index is 13.0. The molecule has 0 atom stereocenters. The van der Waals surface area contributed by atoms with Crippen molar-refractivity contribution in [3.8, 4) is 0 Å². The summed E-state index contributed by atoms with van der Waals surface area (Å²) in [6, 6.07) is 8.76. The molecule has 0 spiro atoms. The number of nitrogens with zero attached hydrogens (tertiary/aromatic N) is 3. The van der Waals surface area contributed by atoms with E-state index in [1.54, 1.807) is 27.6 Å². The summed E-state index contributed by atoms with van der Waals surface area (Å²) >= 11 is 0. The van der Waals surface area contributed by atoms with Crippen LogP contribution in [0.4, 0.5) is 0 Å². The number of H-pyrrole nitrogens is 1. The standard InChI is InChI=1S/C20H21N5O4S/c21-30(27,28)16-3-1-2-13-4-8-24(19(13)16)12-17-22-15-5-9-25(20(26)18(15)23-17)14-6-10-29-11-7-14/h1-5,8-9,14H,6-7,10-12H2,(H,22,23)(H2,21,27,28). The highest BCUT2D eigenvalue weighted by Gasteiger charge is 2.20. The average molecular weight is 427 g/mol. The Morgan fingerprint density at radius 3 is 2.73 bits per heavy atom. The van der Waals surface area contributed by atoms with E-state index in [4.69, 9.17) is 9.88 Å². The highest BCUT2D eigenvalue weighted by atomic mass is 32.2. The molecule has 156 valence electrons. The lowest BCUT2D eigenvalue weighted by atomic mass is 10.1. The Morgan fingerprint density at radius 2 is 1.97 bits per heavy atom. The molecule has 4 aromatic rings. The molecule has 1 saturated heterocycles. The average Bonchev–Trinajstić information content (AvgIpc) is 3.33. The number of fused-ring (bicyclic) bond motifs is 2. The van der Waals surface area contributed by atoms with E-state index in [9.17, 15) is 13.2 Å². The number of hydrogen-bond donors (Lipinski definition) is 2. The molecule has 5 rings (SSSR count). The van der Waals surface area contributed by atoms with E-state index in [0.717, 1.165) is 18.2 Å². The normalized spacial score (nSPS) is 15.9. The summed E-state index contributed by atoms with van der Waals surface area (Å²) in [4.78, 5) is 20.7. The van der Waals surface area contributed by atoms with Gasteiger partial charge in [-0.05, 0) is 31.0 Å². The molecule has 10 heteroatoms. The fourth-order valence-electron chi connectivity index (χ4n) is 4.14. The van der Waals surface area contributed by atoms with E-state index in [1.165, 1.54) is 6.07 Å². The number of aromatic amines is 1. The van der Waals surface area contributed by atoms with Crippen LogP contribution in [0.25, 0.3) is 21.9 Å². The van der Waals surface area contributed by atoms with Crippen LogP contribution in [0.3, 0.4) is 0 Å². The van der Waals surface area contributed by atoms with Crippen molar-refractivity contribution in [3.63, 3.8) is 0 Å². The van der Waals surface area contributed by atoms with Crippen LogP contribution >= 0.6 is 0 Å². The molecule has 0 amide bonds. The number of benzene rings is 1. The maximum absolute atomic E-state index is 13.0. The van der Waals surface area contributed by atoms with Crippen molar-refractivity contribution in [2.75, 3.05) is 13.2 Å². The van der Waals surface area contributed by atoms with Crippen LogP contribution in [0.2, 0.25) is 0 Å². The second-order valence-corrected chi connectivity index (χ2v) is 9.03. The van der Waals surface area contributed by atoms with Crippen molar-refractivity contribution in [1.82, 2.24) is 19.1 Å². The number of rotatable bonds is 4. The molecule has 1 fully saturated rings. The van der Waals surface area contributed by atoms with Crippen molar-refractivity contribution in [2.45, 2.75) is 30.3 Å². The summed E-state index contributed by atoms with van der Waals surface area (Å²) < 4.78 is 32.9. The predicted octanol–water partition coefficient (Wildman–Crippen LogP) is 1.73. The minimum atomic E-state index is -3.88. The van der Waals surface area contributed by atoms with Gasteiger partial charge in [0.2, 0.25) is 10.0 Å². The molecule has 0 saturated carbocycles. The third-order valence-corrected chi connectivity index (χ3v) is 6.52. The minimum Gasteiger partial charge on any atom is -0.381 e. The zero-order chi connectivity index (χ0) is 20.9. The van der Waals surface area contributed by atoms with Crippen molar-refractivity contribution < 1.29 is 13.2 Å². The molecule has 1 aromatic carbocycles. The quantitative estimate of drug-likeness (QED) is 0.513. The Bertz CT molecular complexity index is 1410. The van der Waals surface area contributed by atoms with Gasteiger partial charge in [-0.25, -0.2) is 18.5 Å². The zero-order valence-electron chi connectivity index (χ0n) is 16.1. The van der Waals surface area contributed by atoms with Gasteiger partial charge in [0.15, 0.2) is 5.52 Å². The van der Waals surface area contributed by atoms with Crippen molar-refractivity contribution in [2.24, 2.45) is 5.14 Å². The van der Waals surface area contributed by atoms with Gasteiger partial charge in [-0.1, -0.05) is 12.1 Å². The molecule has 30 heavy (non-hydrogen) atoms. The molecular formula is C20H21N5O4S. The van der Waals surface area contributed by atoms with Gasteiger partial charge in [0.25, 0.3) is 5.56 Å². The van der Waals surface area contributed by atoms with Gasteiger partial charge in [-0.3, -0.25) is 4.79 Å². The second-order valence-electron chi connectivity index (χ2n) is 7.50. The Hall–Kier alpha value is -2.95. The van der Waals surface area contributed by atoms with Gasteiger partial charge in [-0.2, -0.15) is 0 Å². The molecule has 9 nitrogen and oxygen atoms in total. The Balaban J connectivity index is 1.55. The monoisotopic (exact) mass is 427 g/mol. The van der Waals surface area contributed by atoms with Crippen molar-refractivity contribution in [3.05, 3.63) is 58.9 Å². The number of ether oxygens (including phenoxy) is 1. The SMILES string of the molecule is NS(=O)(=O)c1cccc2ccn(Cc3nc4c(=O)n(C5CCOCC5)ccc4[nH]3)c12.